The molecule has 2 unspecified atom stereocenters. The molecule has 4 aromatic rings. The summed E-state index contributed by atoms with van der Waals surface area (Å²) in [6, 6.07) is 23.0. The summed E-state index contributed by atoms with van der Waals surface area (Å²) in [5, 5.41) is 9.80. The number of anilines is 1. The van der Waals surface area contributed by atoms with Gasteiger partial charge < -0.3 is 15.4 Å². The fourth-order valence-electron chi connectivity index (χ4n) is 4.25. The Kier molecular flexibility index (Phi) is 6.37. The van der Waals surface area contributed by atoms with Crippen LogP contribution < -0.4 is 15.4 Å². The largest absolute Gasteiger partial charge is 0.457 e. The van der Waals surface area contributed by atoms with Gasteiger partial charge in [-0.2, -0.15) is 18.3 Å². The highest BCUT2D eigenvalue weighted by Gasteiger charge is 2.47. The van der Waals surface area contributed by atoms with Crippen molar-refractivity contribution < 1.29 is 22.7 Å². The summed E-state index contributed by atoms with van der Waals surface area (Å²) >= 11 is 0. The first-order valence-electron chi connectivity index (χ1n) is 11.4. The lowest BCUT2D eigenvalue weighted by Gasteiger charge is -2.34. The highest BCUT2D eigenvalue weighted by atomic mass is 19.4. The molecule has 1 aliphatic rings. The van der Waals surface area contributed by atoms with E-state index in [-0.39, 0.29) is 24.3 Å². The number of hydrogen-bond acceptors (Lipinski definition) is 4. The van der Waals surface area contributed by atoms with Gasteiger partial charge in [-0.25, -0.2) is 4.68 Å². The average Bonchev–Trinajstić information content (AvgIpc) is 3.31. The summed E-state index contributed by atoms with van der Waals surface area (Å²) in [6.45, 7) is 0.167. The number of para-hydroxylation sites is 1. The molecule has 0 fully saturated rings. The normalized spacial score (nSPS) is 17.1. The molecule has 3 aromatic carbocycles. The zero-order valence-corrected chi connectivity index (χ0v) is 19.1. The van der Waals surface area contributed by atoms with Crippen molar-refractivity contribution >= 4 is 11.7 Å². The molecule has 2 heterocycles. The lowest BCUT2D eigenvalue weighted by Crippen LogP contribution is -2.36. The van der Waals surface area contributed by atoms with E-state index in [1.807, 2.05) is 42.5 Å². The Morgan fingerprint density at radius 1 is 1.00 bits per heavy atom. The second kappa shape index (κ2) is 9.77. The lowest BCUT2D eigenvalue weighted by molar-refractivity contribution is -0.173. The number of rotatable bonds is 6. The standard InChI is InChI=1S/C27H23F3N4O2/c28-27(29,30)24-15-23(19-9-3-1-4-10-19)33-25-22(17-32-34(24)25)26(35)31-16-18-8-7-13-21(14-18)36-20-11-5-2-6-12-20/h1-14,17,23-24,33H,15-16H2,(H,31,35). The number of ether oxygens (including phenoxy) is 1. The Balaban J connectivity index is 1.33. The molecule has 2 N–H and O–H groups in total. The molecule has 0 spiro atoms. The van der Waals surface area contributed by atoms with Gasteiger partial charge in [0.05, 0.1) is 12.2 Å². The van der Waals surface area contributed by atoms with Crippen molar-refractivity contribution in [3.8, 4) is 11.5 Å². The fourth-order valence-corrected chi connectivity index (χ4v) is 4.25. The molecule has 0 saturated carbocycles. The number of carbonyl (C=O) groups is 1. The Labute approximate surface area is 205 Å². The molecule has 36 heavy (non-hydrogen) atoms. The van der Waals surface area contributed by atoms with Crippen molar-refractivity contribution in [2.24, 2.45) is 0 Å². The van der Waals surface area contributed by atoms with E-state index in [1.165, 1.54) is 6.20 Å². The van der Waals surface area contributed by atoms with Crippen LogP contribution >= 0.6 is 0 Å². The second-order valence-corrected chi connectivity index (χ2v) is 8.50. The van der Waals surface area contributed by atoms with E-state index in [0.717, 1.165) is 10.2 Å². The second-order valence-electron chi connectivity index (χ2n) is 8.50. The van der Waals surface area contributed by atoms with Crippen molar-refractivity contribution in [3.63, 3.8) is 0 Å². The van der Waals surface area contributed by atoms with Crippen LogP contribution in [0.1, 0.15) is 40.0 Å². The Hall–Kier alpha value is -4.27. The number of alkyl halides is 3. The maximum Gasteiger partial charge on any atom is 0.410 e. The predicted octanol–water partition coefficient (Wildman–Crippen LogP) is 6.27. The SMILES string of the molecule is O=C(NCc1cccc(Oc2ccccc2)c1)c1cnn2c1NC(c1ccccc1)CC2C(F)(F)F. The van der Waals surface area contributed by atoms with Crippen molar-refractivity contribution in [1.29, 1.82) is 0 Å². The van der Waals surface area contributed by atoms with Gasteiger partial charge in [-0.05, 0) is 35.4 Å². The topological polar surface area (TPSA) is 68.2 Å². The van der Waals surface area contributed by atoms with Crippen LogP contribution in [0, 0.1) is 0 Å². The quantitative estimate of drug-likeness (QED) is 0.333. The van der Waals surface area contributed by atoms with Gasteiger partial charge in [-0.1, -0.05) is 60.7 Å². The van der Waals surface area contributed by atoms with E-state index < -0.39 is 24.2 Å². The monoisotopic (exact) mass is 492 g/mol. The van der Waals surface area contributed by atoms with Gasteiger partial charge in [0.1, 0.15) is 22.9 Å². The smallest absolute Gasteiger partial charge is 0.410 e. The predicted molar refractivity (Wildman–Crippen MR) is 129 cm³/mol. The van der Waals surface area contributed by atoms with Gasteiger partial charge in [0, 0.05) is 13.0 Å². The summed E-state index contributed by atoms with van der Waals surface area (Å²) < 4.78 is 48.3. The van der Waals surface area contributed by atoms with Crippen LogP contribution in [0.25, 0.3) is 0 Å². The van der Waals surface area contributed by atoms with Gasteiger partial charge >= 0.3 is 6.18 Å². The molecule has 1 aliphatic heterocycles. The fraction of sp³-hybridized carbons (Fsp3) is 0.185. The van der Waals surface area contributed by atoms with Gasteiger partial charge in [-0.15, -0.1) is 0 Å². The number of halogens is 3. The maximum absolute atomic E-state index is 13.9. The molecule has 0 saturated heterocycles. The van der Waals surface area contributed by atoms with Crippen molar-refractivity contribution in [3.05, 3.63) is 108 Å². The molecule has 0 aliphatic carbocycles. The number of nitrogens with zero attached hydrogens (tertiary/aromatic N) is 2. The zero-order valence-electron chi connectivity index (χ0n) is 19.1. The van der Waals surface area contributed by atoms with E-state index >= 15 is 0 Å². The average molecular weight is 493 g/mol. The third-order valence-electron chi connectivity index (χ3n) is 6.02. The lowest BCUT2D eigenvalue weighted by atomic mass is 9.96. The van der Waals surface area contributed by atoms with E-state index in [9.17, 15) is 18.0 Å². The number of nitrogens with one attached hydrogen (secondary N) is 2. The summed E-state index contributed by atoms with van der Waals surface area (Å²) in [4.78, 5) is 13.0. The van der Waals surface area contributed by atoms with Crippen LogP contribution in [0.5, 0.6) is 11.5 Å². The third-order valence-corrected chi connectivity index (χ3v) is 6.02. The molecule has 1 amide bonds. The molecule has 184 valence electrons. The van der Waals surface area contributed by atoms with Gasteiger partial charge in [-0.3, -0.25) is 4.79 Å². The summed E-state index contributed by atoms with van der Waals surface area (Å²) in [5.74, 6) is 0.823. The molecule has 5 rings (SSSR count). The maximum atomic E-state index is 13.9. The highest BCUT2D eigenvalue weighted by Crippen LogP contribution is 2.44. The molecule has 1 aromatic heterocycles. The first-order valence-corrected chi connectivity index (χ1v) is 11.4. The zero-order chi connectivity index (χ0) is 25.1. The minimum atomic E-state index is -4.51. The van der Waals surface area contributed by atoms with E-state index in [0.29, 0.717) is 17.1 Å². The van der Waals surface area contributed by atoms with E-state index in [4.69, 9.17) is 4.74 Å². The Morgan fingerprint density at radius 2 is 1.69 bits per heavy atom. The molecule has 9 heteroatoms. The number of benzene rings is 3. The highest BCUT2D eigenvalue weighted by molar-refractivity contribution is 5.98. The molecular formula is C27H23F3N4O2. The van der Waals surface area contributed by atoms with Crippen LogP contribution in [0.3, 0.4) is 0 Å². The summed E-state index contributed by atoms with van der Waals surface area (Å²) in [7, 11) is 0. The molecular weight excluding hydrogens is 469 g/mol. The van der Waals surface area contributed by atoms with Crippen molar-refractivity contribution in [2.45, 2.75) is 31.2 Å². The first kappa shape index (κ1) is 23.5. The van der Waals surface area contributed by atoms with Crippen molar-refractivity contribution in [2.75, 3.05) is 5.32 Å². The van der Waals surface area contributed by atoms with E-state index in [2.05, 4.69) is 15.7 Å². The summed E-state index contributed by atoms with van der Waals surface area (Å²) in [5.41, 5.74) is 1.54. The van der Waals surface area contributed by atoms with Crippen LogP contribution in [0.2, 0.25) is 0 Å². The van der Waals surface area contributed by atoms with Gasteiger partial charge in [0.25, 0.3) is 5.91 Å². The van der Waals surface area contributed by atoms with Crippen LogP contribution in [-0.4, -0.2) is 21.9 Å². The first-order chi connectivity index (χ1) is 17.4. The minimum Gasteiger partial charge on any atom is -0.457 e. The molecule has 0 radical (unpaired) electrons. The van der Waals surface area contributed by atoms with E-state index in [1.54, 1.807) is 42.5 Å². The number of aromatic nitrogens is 2. The van der Waals surface area contributed by atoms with Gasteiger partial charge in [0.2, 0.25) is 0 Å². The van der Waals surface area contributed by atoms with Crippen LogP contribution in [0.15, 0.2) is 91.1 Å². The number of hydrogen-bond donors (Lipinski definition) is 2. The third kappa shape index (κ3) is 5.05. The number of carbonyl (C=O) groups excluding carboxylic acids is 1. The Morgan fingerprint density at radius 3 is 2.42 bits per heavy atom. The van der Waals surface area contributed by atoms with Crippen LogP contribution in [-0.2, 0) is 6.54 Å². The number of amides is 1. The minimum absolute atomic E-state index is 0.0519. The molecule has 2 atom stereocenters. The number of fused-ring (bicyclic) bond motifs is 1. The Bertz CT molecular complexity index is 1340. The molecule has 0 bridgehead atoms. The summed E-state index contributed by atoms with van der Waals surface area (Å²) in [6.07, 6.45) is -3.56. The van der Waals surface area contributed by atoms with Crippen LogP contribution in [0.4, 0.5) is 19.0 Å². The van der Waals surface area contributed by atoms with Gasteiger partial charge in [0.15, 0.2) is 6.04 Å². The molecule has 6 nitrogen and oxygen atoms in total. The van der Waals surface area contributed by atoms with Crippen molar-refractivity contribution in [1.82, 2.24) is 15.1 Å².